The molecule has 1 saturated heterocycles. The molecule has 0 aliphatic carbocycles. The summed E-state index contributed by atoms with van der Waals surface area (Å²) in [5.74, 6) is 0.936. The number of aryl methyl sites for hydroxylation is 2. The molecule has 1 aliphatic heterocycles. The quantitative estimate of drug-likeness (QED) is 0.837. The first-order valence-electron chi connectivity index (χ1n) is 7.14. The molecule has 0 unspecified atom stereocenters. The van der Waals surface area contributed by atoms with Crippen LogP contribution in [0.4, 0.5) is 0 Å². The molecular formula is C16H23NO2. The molecule has 19 heavy (non-hydrogen) atoms. The average Bonchev–Trinajstić information content (AvgIpc) is 2.68. The maximum Gasteiger partial charge on any atom is 0.260 e. The number of likely N-dealkylation sites (tertiary alicyclic amines) is 1. The number of ether oxygens (including phenoxy) is 1. The van der Waals surface area contributed by atoms with Gasteiger partial charge in [-0.1, -0.05) is 25.0 Å². The zero-order chi connectivity index (χ0) is 13.7. The van der Waals surface area contributed by atoms with Crippen LogP contribution in [0, 0.1) is 13.8 Å². The number of benzene rings is 1. The van der Waals surface area contributed by atoms with Crippen LogP contribution in [0.3, 0.4) is 0 Å². The van der Waals surface area contributed by atoms with E-state index in [1.807, 2.05) is 30.9 Å². The number of nitrogens with zero attached hydrogens (tertiary/aromatic N) is 1. The molecule has 0 saturated carbocycles. The van der Waals surface area contributed by atoms with Crippen molar-refractivity contribution in [1.82, 2.24) is 4.90 Å². The number of amides is 1. The molecule has 2 rings (SSSR count). The third-order valence-electron chi connectivity index (χ3n) is 3.65. The third kappa shape index (κ3) is 3.98. The molecule has 1 amide bonds. The van der Waals surface area contributed by atoms with Crippen molar-refractivity contribution in [3.05, 3.63) is 29.3 Å². The SMILES string of the molecule is Cc1ccc(C)c(OCC(=O)N2CCCCCC2)c1. The van der Waals surface area contributed by atoms with E-state index in [1.54, 1.807) is 0 Å². The highest BCUT2D eigenvalue weighted by molar-refractivity contribution is 5.77. The molecule has 0 radical (unpaired) electrons. The zero-order valence-corrected chi connectivity index (χ0v) is 11.9. The van der Waals surface area contributed by atoms with Crippen molar-refractivity contribution in [3.8, 4) is 5.75 Å². The highest BCUT2D eigenvalue weighted by Gasteiger charge is 2.16. The second-order valence-electron chi connectivity index (χ2n) is 5.35. The fourth-order valence-electron chi connectivity index (χ4n) is 2.41. The van der Waals surface area contributed by atoms with E-state index in [4.69, 9.17) is 4.74 Å². The Labute approximate surface area is 115 Å². The molecule has 0 N–H and O–H groups in total. The van der Waals surface area contributed by atoms with E-state index < -0.39 is 0 Å². The summed E-state index contributed by atoms with van der Waals surface area (Å²) in [4.78, 5) is 14.1. The normalized spacial score (nSPS) is 16.0. The predicted molar refractivity (Wildman–Crippen MR) is 76.5 cm³/mol. The number of carbonyl (C=O) groups is 1. The minimum atomic E-state index is 0.114. The summed E-state index contributed by atoms with van der Waals surface area (Å²) in [6.45, 7) is 5.96. The standard InChI is InChI=1S/C16H23NO2/c1-13-7-8-14(2)15(11-13)19-12-16(18)17-9-5-3-4-6-10-17/h7-8,11H,3-6,9-10,12H2,1-2H3. The summed E-state index contributed by atoms with van der Waals surface area (Å²) in [7, 11) is 0. The van der Waals surface area contributed by atoms with Gasteiger partial charge in [0.1, 0.15) is 5.75 Å². The first-order chi connectivity index (χ1) is 9.16. The monoisotopic (exact) mass is 261 g/mol. The van der Waals surface area contributed by atoms with E-state index in [9.17, 15) is 4.79 Å². The van der Waals surface area contributed by atoms with Gasteiger partial charge in [0.05, 0.1) is 0 Å². The summed E-state index contributed by atoms with van der Waals surface area (Å²) in [5, 5.41) is 0. The predicted octanol–water partition coefficient (Wildman–Crippen LogP) is 3.08. The van der Waals surface area contributed by atoms with Gasteiger partial charge in [-0.3, -0.25) is 4.79 Å². The van der Waals surface area contributed by atoms with Gasteiger partial charge in [0.15, 0.2) is 6.61 Å². The van der Waals surface area contributed by atoms with Gasteiger partial charge in [-0.25, -0.2) is 0 Å². The van der Waals surface area contributed by atoms with E-state index in [0.717, 1.165) is 42.8 Å². The van der Waals surface area contributed by atoms with Gasteiger partial charge in [0, 0.05) is 13.1 Å². The van der Waals surface area contributed by atoms with Crippen LogP contribution in [0.2, 0.25) is 0 Å². The molecule has 3 heteroatoms. The van der Waals surface area contributed by atoms with Crippen molar-refractivity contribution in [2.24, 2.45) is 0 Å². The van der Waals surface area contributed by atoms with Gasteiger partial charge in [0.25, 0.3) is 5.91 Å². The molecule has 1 aliphatic rings. The highest BCUT2D eigenvalue weighted by Crippen LogP contribution is 2.19. The fraction of sp³-hybridized carbons (Fsp3) is 0.562. The number of rotatable bonds is 3. The Morgan fingerprint density at radius 2 is 1.84 bits per heavy atom. The van der Waals surface area contributed by atoms with Gasteiger partial charge < -0.3 is 9.64 Å². The van der Waals surface area contributed by atoms with E-state index >= 15 is 0 Å². The maximum atomic E-state index is 12.1. The minimum absolute atomic E-state index is 0.114. The van der Waals surface area contributed by atoms with Crippen LogP contribution in [0.1, 0.15) is 36.8 Å². The van der Waals surface area contributed by atoms with Crippen LogP contribution >= 0.6 is 0 Å². The lowest BCUT2D eigenvalue weighted by Crippen LogP contribution is -2.35. The van der Waals surface area contributed by atoms with Gasteiger partial charge >= 0.3 is 0 Å². The van der Waals surface area contributed by atoms with Crippen LogP contribution in [0.5, 0.6) is 5.75 Å². The lowest BCUT2D eigenvalue weighted by molar-refractivity contribution is -0.133. The zero-order valence-electron chi connectivity index (χ0n) is 11.9. The molecule has 1 aromatic rings. The van der Waals surface area contributed by atoms with Crippen LogP contribution in [-0.2, 0) is 4.79 Å². The van der Waals surface area contributed by atoms with Crippen LogP contribution < -0.4 is 4.74 Å². The first-order valence-corrected chi connectivity index (χ1v) is 7.14. The Kier molecular flexibility index (Phi) is 4.83. The second kappa shape index (κ2) is 6.60. The van der Waals surface area contributed by atoms with Crippen molar-refractivity contribution < 1.29 is 9.53 Å². The Morgan fingerprint density at radius 1 is 1.16 bits per heavy atom. The van der Waals surface area contributed by atoms with Crippen molar-refractivity contribution in [1.29, 1.82) is 0 Å². The number of hydrogen-bond acceptors (Lipinski definition) is 2. The molecule has 1 aromatic carbocycles. The summed E-state index contributed by atoms with van der Waals surface area (Å²) in [5.41, 5.74) is 2.23. The maximum absolute atomic E-state index is 12.1. The van der Waals surface area contributed by atoms with Crippen molar-refractivity contribution in [3.63, 3.8) is 0 Å². The largest absolute Gasteiger partial charge is 0.483 e. The summed E-state index contributed by atoms with van der Waals surface area (Å²) in [6.07, 6.45) is 4.72. The lowest BCUT2D eigenvalue weighted by atomic mass is 10.1. The molecule has 1 fully saturated rings. The van der Waals surface area contributed by atoms with E-state index in [2.05, 4.69) is 6.07 Å². The lowest BCUT2D eigenvalue weighted by Gasteiger charge is -2.20. The minimum Gasteiger partial charge on any atom is -0.483 e. The van der Waals surface area contributed by atoms with Gasteiger partial charge in [0.2, 0.25) is 0 Å². The molecule has 0 aromatic heterocycles. The molecule has 3 nitrogen and oxygen atoms in total. The number of carbonyl (C=O) groups excluding carboxylic acids is 1. The smallest absolute Gasteiger partial charge is 0.260 e. The Balaban J connectivity index is 1.90. The van der Waals surface area contributed by atoms with Crippen LogP contribution in [-0.4, -0.2) is 30.5 Å². The fourth-order valence-corrected chi connectivity index (χ4v) is 2.41. The summed E-state index contributed by atoms with van der Waals surface area (Å²) in [6, 6.07) is 6.07. The topological polar surface area (TPSA) is 29.5 Å². The van der Waals surface area contributed by atoms with E-state index in [0.29, 0.717) is 0 Å². The van der Waals surface area contributed by atoms with Crippen LogP contribution in [0.15, 0.2) is 18.2 Å². The van der Waals surface area contributed by atoms with E-state index in [-0.39, 0.29) is 12.5 Å². The average molecular weight is 261 g/mol. The van der Waals surface area contributed by atoms with Crippen molar-refractivity contribution in [2.75, 3.05) is 19.7 Å². The van der Waals surface area contributed by atoms with E-state index in [1.165, 1.54) is 12.8 Å². The van der Waals surface area contributed by atoms with Crippen LogP contribution in [0.25, 0.3) is 0 Å². The molecule has 1 heterocycles. The van der Waals surface area contributed by atoms with Crippen molar-refractivity contribution in [2.45, 2.75) is 39.5 Å². The molecule has 0 bridgehead atoms. The summed E-state index contributed by atoms with van der Waals surface area (Å²) < 4.78 is 5.68. The molecule has 104 valence electrons. The highest BCUT2D eigenvalue weighted by atomic mass is 16.5. The van der Waals surface area contributed by atoms with Crippen molar-refractivity contribution >= 4 is 5.91 Å². The summed E-state index contributed by atoms with van der Waals surface area (Å²) >= 11 is 0. The Bertz CT molecular complexity index is 434. The Morgan fingerprint density at radius 3 is 2.53 bits per heavy atom. The Hall–Kier alpha value is -1.51. The third-order valence-corrected chi connectivity index (χ3v) is 3.65. The molecule has 0 spiro atoms. The second-order valence-corrected chi connectivity index (χ2v) is 5.35. The number of hydrogen-bond donors (Lipinski definition) is 0. The molecular weight excluding hydrogens is 238 g/mol. The van der Waals surface area contributed by atoms with Gasteiger partial charge in [-0.15, -0.1) is 0 Å². The van der Waals surface area contributed by atoms with Gasteiger partial charge in [-0.05, 0) is 43.9 Å². The first kappa shape index (κ1) is 13.9. The van der Waals surface area contributed by atoms with Gasteiger partial charge in [-0.2, -0.15) is 0 Å². The molecule has 0 atom stereocenters.